The van der Waals surface area contributed by atoms with E-state index < -0.39 is 0 Å². The molecule has 0 spiro atoms. The first-order chi connectivity index (χ1) is 14.0. The van der Waals surface area contributed by atoms with E-state index in [0.29, 0.717) is 21.5 Å². The van der Waals surface area contributed by atoms with Gasteiger partial charge in [-0.1, -0.05) is 23.2 Å². The second-order valence-electron chi connectivity index (χ2n) is 7.27. The Morgan fingerprint density at radius 2 is 1.72 bits per heavy atom. The average molecular weight is 449 g/mol. The molecule has 1 fully saturated rings. The molecule has 0 unspecified atom stereocenters. The first kappa shape index (κ1) is 20.6. The minimum absolute atomic E-state index is 0.0781. The third kappa shape index (κ3) is 4.30. The number of ether oxygens (including phenoxy) is 2. The molecule has 2 aromatic carbocycles. The molecule has 0 amide bonds. The van der Waals surface area contributed by atoms with Crippen LogP contribution in [0.25, 0.3) is 11.3 Å². The van der Waals surface area contributed by atoms with Crippen LogP contribution in [0.2, 0.25) is 10.0 Å². The maximum absolute atomic E-state index is 6.58. The SMILES string of the molecule is CN(C)C1(c2nc(-c3ccc(Oc4ccc(Cl)cc4)cc3Cl)cs2)CCOCC1. The van der Waals surface area contributed by atoms with E-state index in [4.69, 9.17) is 37.7 Å². The van der Waals surface area contributed by atoms with E-state index in [-0.39, 0.29) is 5.54 Å². The van der Waals surface area contributed by atoms with E-state index in [2.05, 4.69) is 24.4 Å². The second kappa shape index (κ2) is 8.62. The Labute approximate surface area is 185 Å². The molecule has 7 heteroatoms. The first-order valence-corrected chi connectivity index (χ1v) is 11.1. The van der Waals surface area contributed by atoms with Gasteiger partial charge >= 0.3 is 0 Å². The van der Waals surface area contributed by atoms with Crippen LogP contribution in [-0.4, -0.2) is 37.2 Å². The van der Waals surface area contributed by atoms with Crippen molar-refractivity contribution in [2.75, 3.05) is 27.3 Å². The van der Waals surface area contributed by atoms with Crippen molar-refractivity contribution in [3.63, 3.8) is 0 Å². The van der Waals surface area contributed by atoms with Crippen molar-refractivity contribution in [2.45, 2.75) is 18.4 Å². The fraction of sp³-hybridized carbons (Fsp3) is 0.318. The van der Waals surface area contributed by atoms with Crippen LogP contribution < -0.4 is 4.74 Å². The van der Waals surface area contributed by atoms with Gasteiger partial charge in [0.15, 0.2) is 0 Å². The summed E-state index contributed by atoms with van der Waals surface area (Å²) in [6.45, 7) is 1.51. The van der Waals surface area contributed by atoms with Crippen molar-refractivity contribution in [3.05, 3.63) is 62.9 Å². The quantitative estimate of drug-likeness (QED) is 0.447. The third-order valence-electron chi connectivity index (χ3n) is 5.34. The van der Waals surface area contributed by atoms with Gasteiger partial charge in [-0.15, -0.1) is 11.3 Å². The normalized spacial score (nSPS) is 16.2. The number of rotatable bonds is 5. The summed E-state index contributed by atoms with van der Waals surface area (Å²) in [5.41, 5.74) is 1.71. The highest BCUT2D eigenvalue weighted by Crippen LogP contribution is 2.41. The standard InChI is InChI=1S/C22H22Cl2N2O2S/c1-26(2)22(9-11-27-12-10-22)21-25-20(14-29-21)18-8-7-17(13-19(18)24)28-16-5-3-15(23)4-6-16/h3-8,13-14H,9-12H2,1-2H3. The van der Waals surface area contributed by atoms with Gasteiger partial charge in [-0.2, -0.15) is 0 Å². The van der Waals surface area contributed by atoms with Crippen molar-refractivity contribution in [1.29, 1.82) is 0 Å². The number of aromatic nitrogens is 1. The molecule has 0 bridgehead atoms. The smallest absolute Gasteiger partial charge is 0.128 e. The predicted octanol–water partition coefficient (Wildman–Crippen LogP) is 6.48. The summed E-state index contributed by atoms with van der Waals surface area (Å²) in [4.78, 5) is 7.23. The molecule has 0 N–H and O–H groups in total. The monoisotopic (exact) mass is 448 g/mol. The highest BCUT2D eigenvalue weighted by atomic mass is 35.5. The van der Waals surface area contributed by atoms with Gasteiger partial charge in [-0.05, 0) is 63.3 Å². The van der Waals surface area contributed by atoms with Gasteiger partial charge in [0.05, 0.1) is 16.3 Å². The summed E-state index contributed by atoms with van der Waals surface area (Å²) in [5.74, 6) is 1.38. The van der Waals surface area contributed by atoms with Crippen LogP contribution in [0.5, 0.6) is 11.5 Å². The molecular formula is C22H22Cl2N2O2S. The molecule has 1 aromatic heterocycles. The lowest BCUT2D eigenvalue weighted by molar-refractivity contribution is -0.0106. The van der Waals surface area contributed by atoms with Crippen LogP contribution in [0.1, 0.15) is 17.8 Å². The molecule has 0 radical (unpaired) electrons. The van der Waals surface area contributed by atoms with Gasteiger partial charge in [-0.25, -0.2) is 4.98 Å². The lowest BCUT2D eigenvalue weighted by atomic mass is 9.89. The van der Waals surface area contributed by atoms with E-state index in [1.165, 1.54) is 0 Å². The van der Waals surface area contributed by atoms with Crippen LogP contribution >= 0.6 is 34.5 Å². The zero-order chi connectivity index (χ0) is 20.4. The molecule has 152 valence electrons. The Kier molecular flexibility index (Phi) is 6.13. The topological polar surface area (TPSA) is 34.6 Å². The van der Waals surface area contributed by atoms with Crippen molar-refractivity contribution in [2.24, 2.45) is 0 Å². The van der Waals surface area contributed by atoms with Crippen molar-refractivity contribution in [3.8, 4) is 22.8 Å². The van der Waals surface area contributed by atoms with E-state index >= 15 is 0 Å². The van der Waals surface area contributed by atoms with Crippen molar-refractivity contribution < 1.29 is 9.47 Å². The van der Waals surface area contributed by atoms with Crippen LogP contribution in [0.4, 0.5) is 0 Å². The number of nitrogens with zero attached hydrogens (tertiary/aromatic N) is 2. The summed E-state index contributed by atoms with van der Waals surface area (Å²) < 4.78 is 11.5. The minimum Gasteiger partial charge on any atom is -0.457 e. The number of hydrogen-bond acceptors (Lipinski definition) is 5. The van der Waals surface area contributed by atoms with E-state index in [1.807, 2.05) is 30.3 Å². The molecule has 4 rings (SSSR count). The van der Waals surface area contributed by atoms with Crippen molar-refractivity contribution in [1.82, 2.24) is 9.88 Å². The van der Waals surface area contributed by atoms with E-state index in [0.717, 1.165) is 42.3 Å². The molecule has 0 aliphatic carbocycles. The molecule has 1 aliphatic heterocycles. The number of benzene rings is 2. The van der Waals surface area contributed by atoms with Crippen LogP contribution in [-0.2, 0) is 10.3 Å². The molecule has 2 heterocycles. The minimum atomic E-state index is -0.0781. The molecule has 4 nitrogen and oxygen atoms in total. The van der Waals surface area contributed by atoms with Crippen LogP contribution in [0.15, 0.2) is 47.8 Å². The van der Waals surface area contributed by atoms with Gasteiger partial charge in [-0.3, -0.25) is 4.90 Å². The zero-order valence-corrected chi connectivity index (χ0v) is 18.7. The van der Waals surface area contributed by atoms with Gasteiger partial charge in [0.25, 0.3) is 0 Å². The maximum Gasteiger partial charge on any atom is 0.128 e. The lowest BCUT2D eigenvalue weighted by Gasteiger charge is -2.41. The molecule has 1 aliphatic rings. The van der Waals surface area contributed by atoms with E-state index in [1.54, 1.807) is 23.5 Å². The fourth-order valence-corrected chi connectivity index (χ4v) is 5.13. The second-order valence-corrected chi connectivity index (χ2v) is 8.98. The average Bonchev–Trinajstić information content (AvgIpc) is 3.20. The molecule has 1 saturated heterocycles. The Bertz CT molecular complexity index is 983. The first-order valence-electron chi connectivity index (χ1n) is 9.42. The Hall–Kier alpha value is -1.63. The van der Waals surface area contributed by atoms with E-state index in [9.17, 15) is 0 Å². The summed E-state index contributed by atoms with van der Waals surface area (Å²) >= 11 is 14.2. The Morgan fingerprint density at radius 1 is 1.03 bits per heavy atom. The van der Waals surface area contributed by atoms with Crippen molar-refractivity contribution >= 4 is 34.5 Å². The molecule has 29 heavy (non-hydrogen) atoms. The fourth-order valence-electron chi connectivity index (χ4n) is 3.58. The zero-order valence-electron chi connectivity index (χ0n) is 16.3. The molecule has 3 aromatic rings. The molecule has 0 atom stereocenters. The molecule has 0 saturated carbocycles. The third-order valence-corrected chi connectivity index (χ3v) is 6.94. The van der Waals surface area contributed by atoms with Gasteiger partial charge in [0, 0.05) is 35.2 Å². The lowest BCUT2D eigenvalue weighted by Crippen LogP contribution is -2.45. The Balaban J connectivity index is 1.58. The predicted molar refractivity (Wildman–Crippen MR) is 120 cm³/mol. The maximum atomic E-state index is 6.58. The Morgan fingerprint density at radius 3 is 2.38 bits per heavy atom. The highest BCUT2D eigenvalue weighted by Gasteiger charge is 2.39. The summed E-state index contributed by atoms with van der Waals surface area (Å²) in [6.07, 6.45) is 1.88. The highest BCUT2D eigenvalue weighted by molar-refractivity contribution is 7.10. The van der Waals surface area contributed by atoms with Crippen LogP contribution in [0.3, 0.4) is 0 Å². The summed E-state index contributed by atoms with van der Waals surface area (Å²) in [6, 6.07) is 12.9. The van der Waals surface area contributed by atoms with Gasteiger partial charge in [0.2, 0.25) is 0 Å². The molecular weight excluding hydrogens is 427 g/mol. The summed E-state index contributed by atoms with van der Waals surface area (Å²) in [7, 11) is 4.23. The largest absolute Gasteiger partial charge is 0.457 e. The van der Waals surface area contributed by atoms with Gasteiger partial charge in [0.1, 0.15) is 16.5 Å². The number of hydrogen-bond donors (Lipinski definition) is 0. The number of thiazole rings is 1. The van der Waals surface area contributed by atoms with Gasteiger partial charge < -0.3 is 9.47 Å². The number of halogens is 2. The van der Waals surface area contributed by atoms with Crippen LogP contribution in [0, 0.1) is 0 Å². The summed E-state index contributed by atoms with van der Waals surface area (Å²) in [5, 5.41) is 4.47.